The van der Waals surface area contributed by atoms with Gasteiger partial charge in [-0.2, -0.15) is 0 Å². The molecule has 70 valence electrons. The summed E-state index contributed by atoms with van der Waals surface area (Å²) in [6, 6.07) is 7.94. The van der Waals surface area contributed by atoms with Gasteiger partial charge in [0.05, 0.1) is 12.8 Å². The first-order valence-electron chi connectivity index (χ1n) is 3.76. The van der Waals surface area contributed by atoms with Gasteiger partial charge in [-0.3, -0.25) is 0 Å². The van der Waals surface area contributed by atoms with Gasteiger partial charge < -0.3 is 9.64 Å². The Bertz CT molecular complexity index is 271. The molecule has 0 atom stereocenters. The standard InChI is InChI=1S/C9H13NO.N2/c1-10(2)8-6-4-5-7-9(8)11-3;1-2/h4-7H,1-3H3;. The molecule has 0 fully saturated rings. The second-order valence-electron chi connectivity index (χ2n) is 2.57. The Hall–Kier alpha value is -1.76. The zero-order valence-corrected chi connectivity index (χ0v) is 8.06. The summed E-state index contributed by atoms with van der Waals surface area (Å²) in [5.74, 6) is 0.914. The van der Waals surface area contributed by atoms with E-state index in [9.17, 15) is 0 Å². The molecule has 0 N–H and O–H groups in total. The normalized spacial score (nSPS) is 8.08. The van der Waals surface area contributed by atoms with Gasteiger partial charge in [0.25, 0.3) is 0 Å². The Morgan fingerprint density at radius 1 is 1.15 bits per heavy atom. The Balaban J connectivity index is 0.000000671. The largest absolute Gasteiger partial charge is 0.495 e. The average Bonchev–Trinajstić information content (AvgIpc) is 2.20. The molecule has 0 aliphatic rings. The topological polar surface area (TPSA) is 60.0 Å². The molecule has 0 amide bonds. The van der Waals surface area contributed by atoms with Gasteiger partial charge in [-0.05, 0) is 12.1 Å². The van der Waals surface area contributed by atoms with Crippen molar-refractivity contribution in [3.05, 3.63) is 24.3 Å². The molecule has 0 aliphatic heterocycles. The lowest BCUT2D eigenvalue weighted by Crippen LogP contribution is -2.09. The quantitative estimate of drug-likeness (QED) is 0.649. The van der Waals surface area contributed by atoms with E-state index < -0.39 is 0 Å². The second kappa shape index (κ2) is 5.84. The first kappa shape index (κ1) is 11.2. The maximum Gasteiger partial charge on any atom is 0.142 e. The second-order valence-corrected chi connectivity index (χ2v) is 2.57. The molecule has 0 unspecified atom stereocenters. The number of ether oxygens (including phenoxy) is 1. The summed E-state index contributed by atoms with van der Waals surface area (Å²) in [7, 11) is 5.68. The molecule has 0 radical (unpaired) electrons. The summed E-state index contributed by atoms with van der Waals surface area (Å²) < 4.78 is 5.16. The summed E-state index contributed by atoms with van der Waals surface area (Å²) in [5, 5.41) is 12.0. The molecule has 0 saturated carbocycles. The van der Waals surface area contributed by atoms with Crippen LogP contribution < -0.4 is 9.64 Å². The number of para-hydroxylation sites is 2. The predicted molar refractivity (Wildman–Crippen MR) is 50.8 cm³/mol. The molecule has 4 heteroatoms. The number of nitrogens with zero attached hydrogens (tertiary/aromatic N) is 3. The first-order chi connectivity index (χ1) is 6.25. The summed E-state index contributed by atoms with van der Waals surface area (Å²) in [6.07, 6.45) is 0. The van der Waals surface area contributed by atoms with Crippen LogP contribution >= 0.6 is 0 Å². The van der Waals surface area contributed by atoms with Crippen LogP contribution in [0.15, 0.2) is 24.3 Å². The molecule has 0 saturated heterocycles. The number of rotatable bonds is 2. The van der Waals surface area contributed by atoms with Gasteiger partial charge in [0, 0.05) is 24.9 Å². The van der Waals surface area contributed by atoms with E-state index in [1.807, 2.05) is 43.3 Å². The summed E-state index contributed by atoms with van der Waals surface area (Å²) in [4.78, 5) is 2.03. The molecule has 0 spiro atoms. The van der Waals surface area contributed by atoms with Crippen molar-refractivity contribution in [2.24, 2.45) is 0 Å². The number of anilines is 1. The monoisotopic (exact) mass is 179 g/mol. The summed E-state index contributed by atoms with van der Waals surface area (Å²) >= 11 is 0. The smallest absolute Gasteiger partial charge is 0.142 e. The van der Waals surface area contributed by atoms with Crippen LogP contribution in [0.4, 0.5) is 5.69 Å². The van der Waals surface area contributed by atoms with Crippen molar-refractivity contribution >= 4 is 5.69 Å². The Labute approximate surface area is 78.2 Å². The van der Waals surface area contributed by atoms with Crippen LogP contribution in [0.5, 0.6) is 5.75 Å². The van der Waals surface area contributed by atoms with Gasteiger partial charge in [0.2, 0.25) is 0 Å². The van der Waals surface area contributed by atoms with Crippen molar-refractivity contribution in [1.82, 2.24) is 0 Å². The van der Waals surface area contributed by atoms with Gasteiger partial charge in [0.1, 0.15) is 5.75 Å². The SMILES string of the molecule is COc1ccccc1N(C)C.N#N. The van der Waals surface area contributed by atoms with E-state index in [2.05, 4.69) is 0 Å². The number of hydrogen-bond donors (Lipinski definition) is 0. The Morgan fingerprint density at radius 3 is 2.08 bits per heavy atom. The lowest BCUT2D eigenvalue weighted by Gasteiger charge is -2.15. The highest BCUT2D eigenvalue weighted by Gasteiger charge is 2.00. The third-order valence-corrected chi connectivity index (χ3v) is 1.57. The van der Waals surface area contributed by atoms with Gasteiger partial charge in [-0.25, -0.2) is 0 Å². The highest BCUT2D eigenvalue weighted by molar-refractivity contribution is 5.57. The first-order valence-corrected chi connectivity index (χ1v) is 3.76. The molecule has 1 aromatic rings. The third-order valence-electron chi connectivity index (χ3n) is 1.57. The molecular formula is C9H13N3O. The van der Waals surface area contributed by atoms with E-state index in [0.29, 0.717) is 0 Å². The maximum absolute atomic E-state index is 6.00. The zero-order valence-electron chi connectivity index (χ0n) is 8.06. The number of hydrogen-bond acceptors (Lipinski definition) is 4. The fraction of sp³-hybridized carbons (Fsp3) is 0.333. The minimum Gasteiger partial charge on any atom is -0.495 e. The van der Waals surface area contributed by atoms with Crippen LogP contribution in [-0.4, -0.2) is 21.2 Å². The van der Waals surface area contributed by atoms with Crippen LogP contribution in [0.1, 0.15) is 0 Å². The minimum absolute atomic E-state index is 0.914. The van der Waals surface area contributed by atoms with Crippen molar-refractivity contribution in [2.45, 2.75) is 0 Å². The van der Waals surface area contributed by atoms with Crippen molar-refractivity contribution < 1.29 is 4.74 Å². The molecule has 1 aromatic carbocycles. The van der Waals surface area contributed by atoms with Gasteiger partial charge in [-0.1, -0.05) is 12.1 Å². The highest BCUT2D eigenvalue weighted by atomic mass is 16.5. The van der Waals surface area contributed by atoms with E-state index in [4.69, 9.17) is 15.5 Å². The predicted octanol–water partition coefficient (Wildman–Crippen LogP) is 1.79. The third kappa shape index (κ3) is 2.99. The van der Waals surface area contributed by atoms with Crippen LogP contribution in [-0.2, 0) is 0 Å². The Kier molecular flexibility index (Phi) is 5.05. The van der Waals surface area contributed by atoms with Gasteiger partial charge in [0.15, 0.2) is 0 Å². The zero-order chi connectivity index (χ0) is 10.3. The van der Waals surface area contributed by atoms with Crippen LogP contribution in [0.3, 0.4) is 0 Å². The molecule has 0 aliphatic carbocycles. The van der Waals surface area contributed by atoms with Crippen LogP contribution in [0.25, 0.3) is 0 Å². The van der Waals surface area contributed by atoms with Crippen molar-refractivity contribution in [1.29, 1.82) is 10.8 Å². The molecular weight excluding hydrogens is 166 g/mol. The van der Waals surface area contributed by atoms with E-state index in [-0.39, 0.29) is 0 Å². The summed E-state index contributed by atoms with van der Waals surface area (Å²) in [6.45, 7) is 0. The lowest BCUT2D eigenvalue weighted by molar-refractivity contribution is 0.415. The van der Waals surface area contributed by atoms with Gasteiger partial charge >= 0.3 is 0 Å². The molecule has 0 heterocycles. The maximum atomic E-state index is 6.00. The van der Waals surface area contributed by atoms with E-state index in [1.165, 1.54) is 0 Å². The van der Waals surface area contributed by atoms with Crippen molar-refractivity contribution in [3.63, 3.8) is 0 Å². The fourth-order valence-corrected chi connectivity index (χ4v) is 0.999. The van der Waals surface area contributed by atoms with E-state index in [0.717, 1.165) is 11.4 Å². The number of methoxy groups -OCH3 is 1. The molecule has 13 heavy (non-hydrogen) atoms. The van der Waals surface area contributed by atoms with E-state index >= 15 is 0 Å². The lowest BCUT2D eigenvalue weighted by atomic mass is 10.3. The summed E-state index contributed by atoms with van der Waals surface area (Å²) in [5.41, 5.74) is 1.11. The van der Waals surface area contributed by atoms with Gasteiger partial charge in [-0.15, -0.1) is 0 Å². The molecule has 0 aromatic heterocycles. The molecule has 0 bridgehead atoms. The van der Waals surface area contributed by atoms with Crippen molar-refractivity contribution in [2.75, 3.05) is 26.1 Å². The highest BCUT2D eigenvalue weighted by Crippen LogP contribution is 2.24. The van der Waals surface area contributed by atoms with Crippen LogP contribution in [0.2, 0.25) is 0 Å². The molecule has 1 rings (SSSR count). The minimum atomic E-state index is 0.914. The average molecular weight is 179 g/mol. The molecule has 4 nitrogen and oxygen atoms in total. The Morgan fingerprint density at radius 2 is 1.69 bits per heavy atom. The van der Waals surface area contributed by atoms with Crippen LogP contribution in [0, 0.1) is 10.8 Å². The fourth-order valence-electron chi connectivity index (χ4n) is 0.999. The number of benzene rings is 1. The van der Waals surface area contributed by atoms with Crippen molar-refractivity contribution in [3.8, 4) is 5.75 Å². The van der Waals surface area contributed by atoms with E-state index in [1.54, 1.807) is 7.11 Å².